The molecular formula is C15H17NO2S. The van der Waals surface area contributed by atoms with E-state index in [4.69, 9.17) is 15.2 Å². The number of anilines is 1. The average molecular weight is 275 g/mol. The van der Waals surface area contributed by atoms with Crippen molar-refractivity contribution >= 4 is 17.4 Å². The van der Waals surface area contributed by atoms with Crippen LogP contribution in [0.4, 0.5) is 5.69 Å². The summed E-state index contributed by atoms with van der Waals surface area (Å²) in [6.45, 7) is 0. The Morgan fingerprint density at radius 3 is 2.00 bits per heavy atom. The number of benzene rings is 2. The van der Waals surface area contributed by atoms with Crippen LogP contribution < -0.4 is 15.2 Å². The molecule has 2 bridgehead atoms. The fourth-order valence-corrected chi connectivity index (χ4v) is 2.56. The van der Waals surface area contributed by atoms with Crippen molar-refractivity contribution in [1.29, 1.82) is 0 Å². The molecule has 4 rings (SSSR count). The summed E-state index contributed by atoms with van der Waals surface area (Å²) in [6.07, 6.45) is 0. The lowest BCUT2D eigenvalue weighted by molar-refractivity contribution is 0.355. The van der Waals surface area contributed by atoms with E-state index < -0.39 is 0 Å². The van der Waals surface area contributed by atoms with Gasteiger partial charge in [-0.1, -0.05) is 12.1 Å². The lowest BCUT2D eigenvalue weighted by Crippen LogP contribution is -1.92. The molecule has 2 aliphatic heterocycles. The standard InChI is InChI=1S/C8H11NO2.C7H6S/c1-10-7-4-3-6(9)5-8(7)11-2;1-3-7-4-2-6(1)5-8-7/h3-5H,9H2,1-2H3;1-4H,5H2. The summed E-state index contributed by atoms with van der Waals surface area (Å²) in [6, 6.07) is 14.0. The Morgan fingerprint density at radius 2 is 1.63 bits per heavy atom. The van der Waals surface area contributed by atoms with E-state index >= 15 is 0 Å². The summed E-state index contributed by atoms with van der Waals surface area (Å²) in [5.41, 5.74) is 7.64. The van der Waals surface area contributed by atoms with Gasteiger partial charge in [0.15, 0.2) is 11.5 Å². The molecule has 2 aromatic carbocycles. The van der Waals surface area contributed by atoms with Gasteiger partial charge in [0, 0.05) is 22.4 Å². The van der Waals surface area contributed by atoms with Crippen molar-refractivity contribution in [1.82, 2.24) is 0 Å². The number of thioether (sulfide) groups is 1. The zero-order valence-electron chi connectivity index (χ0n) is 11.1. The maximum Gasteiger partial charge on any atom is 0.162 e. The number of hydrogen-bond donors (Lipinski definition) is 1. The zero-order valence-corrected chi connectivity index (χ0v) is 11.9. The molecular weight excluding hydrogens is 258 g/mol. The van der Waals surface area contributed by atoms with Crippen LogP contribution in [0.1, 0.15) is 5.56 Å². The average Bonchev–Trinajstić information content (AvgIpc) is 2.50. The van der Waals surface area contributed by atoms with Gasteiger partial charge >= 0.3 is 0 Å². The van der Waals surface area contributed by atoms with E-state index in [9.17, 15) is 0 Å². The van der Waals surface area contributed by atoms with E-state index in [0.717, 1.165) is 0 Å². The summed E-state index contributed by atoms with van der Waals surface area (Å²) in [4.78, 5) is 1.40. The second-order valence-electron chi connectivity index (χ2n) is 4.05. The lowest BCUT2D eigenvalue weighted by Gasteiger charge is -2.08. The molecule has 19 heavy (non-hydrogen) atoms. The topological polar surface area (TPSA) is 44.5 Å². The van der Waals surface area contributed by atoms with Crippen LogP contribution in [0, 0.1) is 0 Å². The van der Waals surface area contributed by atoms with Gasteiger partial charge in [0.2, 0.25) is 0 Å². The van der Waals surface area contributed by atoms with Gasteiger partial charge in [-0.3, -0.25) is 0 Å². The van der Waals surface area contributed by atoms with Crippen LogP contribution in [0.5, 0.6) is 11.5 Å². The summed E-state index contributed by atoms with van der Waals surface area (Å²) in [5, 5.41) is 0. The molecule has 0 saturated heterocycles. The molecule has 0 saturated carbocycles. The Morgan fingerprint density at radius 1 is 0.947 bits per heavy atom. The molecule has 2 N–H and O–H groups in total. The first-order valence-corrected chi connectivity index (χ1v) is 6.90. The molecule has 0 atom stereocenters. The van der Waals surface area contributed by atoms with Crippen LogP contribution in [0.25, 0.3) is 0 Å². The minimum absolute atomic E-state index is 0.660. The highest BCUT2D eigenvalue weighted by molar-refractivity contribution is 7.98. The van der Waals surface area contributed by atoms with E-state index in [0.29, 0.717) is 17.2 Å². The van der Waals surface area contributed by atoms with Gasteiger partial charge in [-0.15, -0.1) is 11.8 Å². The predicted molar refractivity (Wildman–Crippen MR) is 80.0 cm³/mol. The molecule has 2 aliphatic rings. The monoisotopic (exact) mass is 275 g/mol. The Balaban J connectivity index is 0.000000146. The van der Waals surface area contributed by atoms with Gasteiger partial charge in [0.1, 0.15) is 0 Å². The van der Waals surface area contributed by atoms with E-state index in [2.05, 4.69) is 24.3 Å². The molecule has 0 spiro atoms. The van der Waals surface area contributed by atoms with Crippen molar-refractivity contribution in [3.63, 3.8) is 0 Å². The molecule has 0 aromatic heterocycles. The van der Waals surface area contributed by atoms with Crippen molar-refractivity contribution in [2.24, 2.45) is 0 Å². The summed E-state index contributed by atoms with van der Waals surface area (Å²) >= 11 is 1.92. The normalized spacial score (nSPS) is 11.5. The molecule has 2 heterocycles. The molecule has 0 amide bonds. The maximum absolute atomic E-state index is 5.52. The molecule has 0 radical (unpaired) electrons. The molecule has 4 heteroatoms. The van der Waals surface area contributed by atoms with Gasteiger partial charge < -0.3 is 15.2 Å². The van der Waals surface area contributed by atoms with E-state index in [1.807, 2.05) is 11.8 Å². The lowest BCUT2D eigenvalue weighted by atomic mass is 10.2. The summed E-state index contributed by atoms with van der Waals surface area (Å²) < 4.78 is 10.0. The van der Waals surface area contributed by atoms with Crippen LogP contribution in [0.2, 0.25) is 0 Å². The summed E-state index contributed by atoms with van der Waals surface area (Å²) in [7, 11) is 3.17. The Hall–Kier alpha value is -1.81. The van der Waals surface area contributed by atoms with E-state index in [-0.39, 0.29) is 0 Å². The SMILES string of the molecule is COc1ccc(N)cc1OC.c1cc2ccc1CS2. The van der Waals surface area contributed by atoms with Crippen molar-refractivity contribution in [3.8, 4) is 11.5 Å². The minimum atomic E-state index is 0.660. The number of hydrogen-bond acceptors (Lipinski definition) is 4. The second kappa shape index (κ2) is 6.38. The van der Waals surface area contributed by atoms with Crippen LogP contribution in [-0.2, 0) is 5.75 Å². The van der Waals surface area contributed by atoms with Gasteiger partial charge in [-0.05, 0) is 29.8 Å². The molecule has 2 aromatic rings. The zero-order chi connectivity index (χ0) is 13.7. The highest BCUT2D eigenvalue weighted by Gasteiger charge is 2.02. The number of rotatable bonds is 2. The fraction of sp³-hybridized carbons (Fsp3) is 0.200. The van der Waals surface area contributed by atoms with Crippen LogP contribution in [0.15, 0.2) is 47.4 Å². The molecule has 3 nitrogen and oxygen atoms in total. The van der Waals surface area contributed by atoms with E-state index in [1.165, 1.54) is 16.2 Å². The van der Waals surface area contributed by atoms with Gasteiger partial charge in [0.25, 0.3) is 0 Å². The third-order valence-corrected chi connectivity index (χ3v) is 3.82. The van der Waals surface area contributed by atoms with Crippen molar-refractivity contribution in [3.05, 3.63) is 48.0 Å². The van der Waals surface area contributed by atoms with Crippen molar-refractivity contribution < 1.29 is 9.47 Å². The number of methoxy groups -OCH3 is 2. The molecule has 0 fully saturated rings. The highest BCUT2D eigenvalue weighted by atomic mass is 32.2. The fourth-order valence-electron chi connectivity index (χ4n) is 1.70. The first kappa shape index (κ1) is 13.6. The Kier molecular flexibility index (Phi) is 4.58. The van der Waals surface area contributed by atoms with Gasteiger partial charge in [-0.25, -0.2) is 0 Å². The number of ether oxygens (including phenoxy) is 2. The van der Waals surface area contributed by atoms with Crippen molar-refractivity contribution in [2.75, 3.05) is 20.0 Å². The quantitative estimate of drug-likeness (QED) is 0.851. The van der Waals surface area contributed by atoms with Crippen molar-refractivity contribution in [2.45, 2.75) is 10.6 Å². The largest absolute Gasteiger partial charge is 0.493 e. The number of nitrogen functional groups attached to an aromatic ring is 1. The maximum atomic E-state index is 5.52. The smallest absolute Gasteiger partial charge is 0.162 e. The minimum Gasteiger partial charge on any atom is -0.493 e. The Labute approximate surface area is 117 Å². The molecule has 100 valence electrons. The molecule has 0 unspecified atom stereocenters. The van der Waals surface area contributed by atoms with E-state index in [1.54, 1.807) is 32.4 Å². The number of fused-ring (bicyclic) bond motifs is 3. The van der Waals surface area contributed by atoms with Crippen LogP contribution >= 0.6 is 11.8 Å². The van der Waals surface area contributed by atoms with Crippen LogP contribution in [0.3, 0.4) is 0 Å². The van der Waals surface area contributed by atoms with Gasteiger partial charge in [-0.2, -0.15) is 0 Å². The van der Waals surface area contributed by atoms with Crippen LogP contribution in [-0.4, -0.2) is 14.2 Å². The molecule has 0 aliphatic carbocycles. The first-order chi connectivity index (χ1) is 9.22. The highest BCUT2D eigenvalue weighted by Crippen LogP contribution is 2.29. The van der Waals surface area contributed by atoms with Gasteiger partial charge in [0.05, 0.1) is 14.2 Å². The predicted octanol–water partition coefficient (Wildman–Crippen LogP) is 3.58. The third kappa shape index (κ3) is 3.58. The Bertz CT molecular complexity index is 517. The number of nitrogens with two attached hydrogens (primary N) is 1. The first-order valence-electron chi connectivity index (χ1n) is 5.92. The third-order valence-electron chi connectivity index (χ3n) is 2.74. The summed E-state index contributed by atoms with van der Waals surface area (Å²) in [5.74, 6) is 2.54. The second-order valence-corrected chi connectivity index (χ2v) is 5.10.